The van der Waals surface area contributed by atoms with Crippen molar-refractivity contribution in [2.45, 2.75) is 52.1 Å². The van der Waals surface area contributed by atoms with E-state index in [2.05, 4.69) is 65.8 Å². The zero-order chi connectivity index (χ0) is 16.4. The Bertz CT molecular complexity index is 643. The van der Waals surface area contributed by atoms with E-state index in [1.165, 1.54) is 43.6 Å². The number of hydrogen-bond acceptors (Lipinski definition) is 3. The van der Waals surface area contributed by atoms with Gasteiger partial charge in [-0.05, 0) is 63.8 Å². The van der Waals surface area contributed by atoms with Crippen LogP contribution in [0, 0.1) is 0 Å². The van der Waals surface area contributed by atoms with Crippen molar-refractivity contribution in [3.63, 3.8) is 0 Å². The number of anilines is 1. The molecule has 1 aromatic carbocycles. The quantitative estimate of drug-likeness (QED) is 0.939. The van der Waals surface area contributed by atoms with Gasteiger partial charge in [0.25, 0.3) is 0 Å². The molecule has 2 aromatic rings. The average Bonchev–Trinajstić information content (AvgIpc) is 3.01. The number of nitrogens with two attached hydrogens (primary N) is 1. The highest BCUT2D eigenvalue weighted by molar-refractivity contribution is 5.64. The molecule has 0 unspecified atom stereocenters. The highest BCUT2D eigenvalue weighted by Crippen LogP contribution is 2.29. The number of rotatable bonds is 3. The average molecular weight is 312 g/mol. The van der Waals surface area contributed by atoms with E-state index in [0.717, 1.165) is 11.4 Å². The van der Waals surface area contributed by atoms with Gasteiger partial charge in [-0.1, -0.05) is 12.1 Å². The highest BCUT2D eigenvalue weighted by atomic mass is 15.3. The normalized spacial score (nSPS) is 15.9. The summed E-state index contributed by atoms with van der Waals surface area (Å²) < 4.78 is 2.09. The molecule has 0 bridgehead atoms. The Morgan fingerprint density at radius 3 is 2.26 bits per heavy atom. The minimum Gasteiger partial charge on any atom is -0.372 e. The van der Waals surface area contributed by atoms with Crippen molar-refractivity contribution in [1.82, 2.24) is 9.78 Å². The second-order valence-corrected chi connectivity index (χ2v) is 7.40. The highest BCUT2D eigenvalue weighted by Gasteiger charge is 2.20. The molecule has 124 valence electrons. The van der Waals surface area contributed by atoms with Crippen molar-refractivity contribution >= 4 is 5.69 Å². The molecule has 4 nitrogen and oxygen atoms in total. The predicted molar refractivity (Wildman–Crippen MR) is 96.6 cm³/mol. The largest absolute Gasteiger partial charge is 0.372 e. The fourth-order valence-electron chi connectivity index (χ4n) is 3.24. The number of piperidine rings is 1. The Labute approximate surface area is 139 Å². The Kier molecular flexibility index (Phi) is 4.44. The van der Waals surface area contributed by atoms with Crippen LogP contribution >= 0.6 is 0 Å². The van der Waals surface area contributed by atoms with Gasteiger partial charge in [0.2, 0.25) is 0 Å². The fourth-order valence-corrected chi connectivity index (χ4v) is 3.24. The predicted octanol–water partition coefficient (Wildman–Crippen LogP) is 3.75. The Balaban J connectivity index is 1.91. The minimum absolute atomic E-state index is 0.0612. The van der Waals surface area contributed by atoms with E-state index in [1.54, 1.807) is 0 Å². The van der Waals surface area contributed by atoms with Crippen LogP contribution in [0.3, 0.4) is 0 Å². The zero-order valence-corrected chi connectivity index (χ0v) is 14.5. The topological polar surface area (TPSA) is 47.1 Å². The van der Waals surface area contributed by atoms with Gasteiger partial charge >= 0.3 is 0 Å². The van der Waals surface area contributed by atoms with Gasteiger partial charge in [0.15, 0.2) is 0 Å². The summed E-state index contributed by atoms with van der Waals surface area (Å²) in [6.07, 6.45) is 3.97. The second kappa shape index (κ2) is 6.36. The van der Waals surface area contributed by atoms with E-state index in [0.29, 0.717) is 6.54 Å². The van der Waals surface area contributed by atoms with Crippen LogP contribution in [0.25, 0.3) is 11.3 Å². The lowest BCUT2D eigenvalue weighted by atomic mass is 10.1. The first-order chi connectivity index (χ1) is 11.0. The molecule has 1 saturated heterocycles. The molecule has 1 aliphatic rings. The van der Waals surface area contributed by atoms with E-state index >= 15 is 0 Å². The van der Waals surface area contributed by atoms with Crippen LogP contribution in [0.5, 0.6) is 0 Å². The lowest BCUT2D eigenvalue weighted by Crippen LogP contribution is -2.29. The van der Waals surface area contributed by atoms with Crippen LogP contribution in [0.15, 0.2) is 30.3 Å². The van der Waals surface area contributed by atoms with Gasteiger partial charge in [-0.15, -0.1) is 0 Å². The van der Waals surface area contributed by atoms with Gasteiger partial charge in [0, 0.05) is 25.3 Å². The lowest BCUT2D eigenvalue weighted by molar-refractivity contribution is 0.357. The van der Waals surface area contributed by atoms with Gasteiger partial charge in [0.05, 0.1) is 16.9 Å². The fraction of sp³-hybridized carbons (Fsp3) is 0.526. The molecule has 0 radical (unpaired) electrons. The molecule has 23 heavy (non-hydrogen) atoms. The van der Waals surface area contributed by atoms with Gasteiger partial charge in [-0.3, -0.25) is 4.68 Å². The van der Waals surface area contributed by atoms with Gasteiger partial charge in [-0.25, -0.2) is 0 Å². The molecule has 1 aromatic heterocycles. The molecule has 2 heterocycles. The smallest absolute Gasteiger partial charge is 0.0767 e. The molecule has 0 aliphatic carbocycles. The standard InChI is InChI=1S/C19H28N4/c1-19(2,3)23-18(13-16(14-20)21-23)15-7-9-17(10-8-15)22-11-5-4-6-12-22/h7-10,13H,4-6,11-12,14,20H2,1-3H3. The number of hydrogen-bond donors (Lipinski definition) is 1. The van der Waals surface area contributed by atoms with Gasteiger partial charge in [0.1, 0.15) is 0 Å². The third-order valence-corrected chi connectivity index (χ3v) is 4.49. The van der Waals surface area contributed by atoms with Crippen molar-refractivity contribution < 1.29 is 0 Å². The maximum Gasteiger partial charge on any atom is 0.0767 e. The van der Waals surface area contributed by atoms with E-state index in [4.69, 9.17) is 5.73 Å². The SMILES string of the molecule is CC(C)(C)n1nc(CN)cc1-c1ccc(N2CCCCC2)cc1. The summed E-state index contributed by atoms with van der Waals surface area (Å²) in [5, 5.41) is 4.67. The van der Waals surface area contributed by atoms with Crippen molar-refractivity contribution in [3.05, 3.63) is 36.0 Å². The summed E-state index contributed by atoms with van der Waals surface area (Å²) in [6.45, 7) is 9.35. The maximum atomic E-state index is 5.79. The van der Waals surface area contributed by atoms with Gasteiger partial charge < -0.3 is 10.6 Å². The summed E-state index contributed by atoms with van der Waals surface area (Å²) in [4.78, 5) is 2.49. The molecule has 3 rings (SSSR count). The van der Waals surface area contributed by atoms with Crippen LogP contribution in [0.2, 0.25) is 0 Å². The Morgan fingerprint density at radius 2 is 1.70 bits per heavy atom. The molecule has 1 aliphatic heterocycles. The monoisotopic (exact) mass is 312 g/mol. The zero-order valence-electron chi connectivity index (χ0n) is 14.5. The molecule has 0 amide bonds. The van der Waals surface area contributed by atoms with E-state index in [1.807, 2.05) is 0 Å². The molecule has 1 fully saturated rings. The van der Waals surface area contributed by atoms with E-state index in [-0.39, 0.29) is 5.54 Å². The molecule has 0 atom stereocenters. The summed E-state index contributed by atoms with van der Waals surface area (Å²) in [5.74, 6) is 0. The first kappa shape index (κ1) is 16.1. The van der Waals surface area contributed by atoms with E-state index < -0.39 is 0 Å². The van der Waals surface area contributed by atoms with Gasteiger partial charge in [-0.2, -0.15) is 5.10 Å². The van der Waals surface area contributed by atoms with Crippen LogP contribution in [-0.2, 0) is 12.1 Å². The molecular weight excluding hydrogens is 284 g/mol. The first-order valence-corrected chi connectivity index (χ1v) is 8.64. The van der Waals surface area contributed by atoms with Crippen molar-refractivity contribution in [3.8, 4) is 11.3 Å². The van der Waals surface area contributed by atoms with Crippen molar-refractivity contribution in [2.24, 2.45) is 5.73 Å². The molecule has 0 saturated carbocycles. The van der Waals surface area contributed by atoms with Crippen LogP contribution in [-0.4, -0.2) is 22.9 Å². The summed E-state index contributed by atoms with van der Waals surface area (Å²) in [5.41, 5.74) is 10.3. The number of aromatic nitrogens is 2. The number of nitrogens with zero attached hydrogens (tertiary/aromatic N) is 3. The van der Waals surface area contributed by atoms with Crippen LogP contribution in [0.1, 0.15) is 45.7 Å². The van der Waals surface area contributed by atoms with Crippen LogP contribution < -0.4 is 10.6 Å². The Hall–Kier alpha value is -1.81. The van der Waals surface area contributed by atoms with Crippen molar-refractivity contribution in [2.75, 3.05) is 18.0 Å². The third kappa shape index (κ3) is 3.42. The Morgan fingerprint density at radius 1 is 1.04 bits per heavy atom. The maximum absolute atomic E-state index is 5.79. The lowest BCUT2D eigenvalue weighted by Gasteiger charge is -2.29. The molecular formula is C19H28N4. The molecule has 4 heteroatoms. The summed E-state index contributed by atoms with van der Waals surface area (Å²) in [6, 6.07) is 11.0. The summed E-state index contributed by atoms with van der Waals surface area (Å²) >= 11 is 0. The summed E-state index contributed by atoms with van der Waals surface area (Å²) in [7, 11) is 0. The van der Waals surface area contributed by atoms with Crippen molar-refractivity contribution in [1.29, 1.82) is 0 Å². The van der Waals surface area contributed by atoms with Crippen LogP contribution in [0.4, 0.5) is 5.69 Å². The third-order valence-electron chi connectivity index (χ3n) is 4.49. The first-order valence-electron chi connectivity index (χ1n) is 8.64. The van der Waals surface area contributed by atoms with E-state index in [9.17, 15) is 0 Å². The molecule has 0 spiro atoms. The number of benzene rings is 1. The minimum atomic E-state index is -0.0612. The second-order valence-electron chi connectivity index (χ2n) is 7.40. The molecule has 2 N–H and O–H groups in total.